The smallest absolute Gasteiger partial charge is 0.254 e. The van der Waals surface area contributed by atoms with Crippen LogP contribution in [-0.4, -0.2) is 55.6 Å². The third kappa shape index (κ3) is 5.64. The van der Waals surface area contributed by atoms with Gasteiger partial charge in [-0.1, -0.05) is 55.8 Å². The van der Waals surface area contributed by atoms with Crippen LogP contribution < -0.4 is 9.47 Å². The number of benzene rings is 2. The quantitative estimate of drug-likeness (QED) is 0.673. The van der Waals surface area contributed by atoms with E-state index in [1.165, 1.54) is 5.56 Å². The summed E-state index contributed by atoms with van der Waals surface area (Å²) < 4.78 is 11.2. The predicted octanol–water partition coefficient (Wildman–Crippen LogP) is 4.34. The van der Waals surface area contributed by atoms with E-state index in [9.17, 15) is 4.79 Å². The van der Waals surface area contributed by atoms with Crippen molar-refractivity contribution in [2.45, 2.75) is 20.4 Å². The van der Waals surface area contributed by atoms with Gasteiger partial charge in [-0.15, -0.1) is 0 Å². The van der Waals surface area contributed by atoms with Crippen molar-refractivity contribution in [3.8, 4) is 11.5 Å². The van der Waals surface area contributed by atoms with Crippen LogP contribution in [0.2, 0.25) is 5.02 Å². The van der Waals surface area contributed by atoms with E-state index in [1.807, 2.05) is 11.0 Å². The topological polar surface area (TPSA) is 42.0 Å². The summed E-state index contributed by atoms with van der Waals surface area (Å²) in [6.07, 6.45) is 0. The number of amides is 1. The lowest BCUT2D eigenvalue weighted by atomic mass is 10.1. The first-order chi connectivity index (χ1) is 14.0. The number of rotatable bonds is 7. The van der Waals surface area contributed by atoms with Crippen molar-refractivity contribution in [1.82, 2.24) is 9.80 Å². The van der Waals surface area contributed by atoms with E-state index in [2.05, 4.69) is 43.0 Å². The molecule has 1 heterocycles. The van der Waals surface area contributed by atoms with Crippen molar-refractivity contribution < 1.29 is 14.3 Å². The number of halogens is 1. The maximum absolute atomic E-state index is 13.0. The highest BCUT2D eigenvalue weighted by molar-refractivity contribution is 6.32. The Morgan fingerprint density at radius 3 is 2.41 bits per heavy atom. The van der Waals surface area contributed by atoms with Crippen molar-refractivity contribution in [1.29, 1.82) is 0 Å². The first kappa shape index (κ1) is 21.5. The molecular formula is C23H29ClN2O3. The molecule has 1 saturated heterocycles. The highest BCUT2D eigenvalue weighted by Gasteiger charge is 2.24. The number of carbonyl (C=O) groups is 1. The molecule has 29 heavy (non-hydrogen) atoms. The molecule has 0 aliphatic carbocycles. The largest absolute Gasteiger partial charge is 0.493 e. The molecule has 156 valence electrons. The molecular weight excluding hydrogens is 388 g/mol. The Hall–Kier alpha value is -2.24. The highest BCUT2D eigenvalue weighted by atomic mass is 35.5. The summed E-state index contributed by atoms with van der Waals surface area (Å²) in [6, 6.07) is 13.8. The van der Waals surface area contributed by atoms with Crippen LogP contribution in [0.25, 0.3) is 0 Å². The van der Waals surface area contributed by atoms with Crippen LogP contribution in [-0.2, 0) is 6.54 Å². The van der Waals surface area contributed by atoms with Gasteiger partial charge in [0, 0.05) is 38.3 Å². The van der Waals surface area contributed by atoms with Crippen molar-refractivity contribution in [2.75, 3.05) is 39.9 Å². The zero-order chi connectivity index (χ0) is 20.8. The third-order valence-electron chi connectivity index (χ3n) is 4.95. The minimum atomic E-state index is -0.0278. The number of hydrogen-bond acceptors (Lipinski definition) is 4. The second-order valence-corrected chi connectivity index (χ2v) is 8.16. The van der Waals surface area contributed by atoms with Gasteiger partial charge in [-0.25, -0.2) is 0 Å². The molecule has 0 atom stereocenters. The zero-order valence-electron chi connectivity index (χ0n) is 17.4. The molecule has 3 rings (SSSR count). The average molecular weight is 417 g/mol. The predicted molar refractivity (Wildman–Crippen MR) is 116 cm³/mol. The Balaban J connectivity index is 1.64. The molecule has 0 aromatic heterocycles. The first-order valence-corrected chi connectivity index (χ1v) is 10.4. The highest BCUT2D eigenvalue weighted by Crippen LogP contribution is 2.37. The number of nitrogens with zero attached hydrogens (tertiary/aromatic N) is 2. The molecule has 0 N–H and O–H groups in total. The molecule has 0 saturated carbocycles. The number of piperazine rings is 1. The second-order valence-electron chi connectivity index (χ2n) is 7.75. The molecule has 1 aliphatic heterocycles. The van der Waals surface area contributed by atoms with E-state index in [1.54, 1.807) is 19.2 Å². The van der Waals surface area contributed by atoms with Crippen molar-refractivity contribution in [3.05, 3.63) is 58.6 Å². The first-order valence-electron chi connectivity index (χ1n) is 10.0. The van der Waals surface area contributed by atoms with Gasteiger partial charge in [0.2, 0.25) is 0 Å². The minimum absolute atomic E-state index is 0.0278. The van der Waals surface area contributed by atoms with E-state index >= 15 is 0 Å². The van der Waals surface area contributed by atoms with Crippen LogP contribution in [0, 0.1) is 5.92 Å². The average Bonchev–Trinajstić information content (AvgIpc) is 2.73. The van der Waals surface area contributed by atoms with Gasteiger partial charge in [0.1, 0.15) is 0 Å². The fraction of sp³-hybridized carbons (Fsp3) is 0.435. The molecule has 1 amide bonds. The number of ether oxygens (including phenoxy) is 2. The third-order valence-corrected chi connectivity index (χ3v) is 5.23. The Bertz CT molecular complexity index is 818. The molecule has 0 bridgehead atoms. The van der Waals surface area contributed by atoms with Gasteiger partial charge in [-0.2, -0.15) is 0 Å². The van der Waals surface area contributed by atoms with Crippen LogP contribution in [0.15, 0.2) is 42.5 Å². The van der Waals surface area contributed by atoms with E-state index in [0.29, 0.717) is 47.7 Å². The maximum atomic E-state index is 13.0. The van der Waals surface area contributed by atoms with Crippen molar-refractivity contribution >= 4 is 17.5 Å². The number of hydrogen-bond donors (Lipinski definition) is 0. The van der Waals surface area contributed by atoms with Gasteiger partial charge in [0.25, 0.3) is 5.91 Å². The van der Waals surface area contributed by atoms with Crippen LogP contribution in [0.5, 0.6) is 11.5 Å². The monoisotopic (exact) mass is 416 g/mol. The lowest BCUT2D eigenvalue weighted by Gasteiger charge is -2.35. The molecule has 0 radical (unpaired) electrons. The summed E-state index contributed by atoms with van der Waals surface area (Å²) >= 11 is 6.41. The van der Waals surface area contributed by atoms with Gasteiger partial charge in [-0.05, 0) is 23.6 Å². The lowest BCUT2D eigenvalue weighted by molar-refractivity contribution is 0.0628. The fourth-order valence-electron chi connectivity index (χ4n) is 3.37. The maximum Gasteiger partial charge on any atom is 0.254 e. The second kappa shape index (κ2) is 9.99. The van der Waals surface area contributed by atoms with Crippen LogP contribution in [0.4, 0.5) is 0 Å². The summed E-state index contributed by atoms with van der Waals surface area (Å²) in [6.45, 7) is 8.65. The molecule has 1 aliphatic rings. The molecule has 0 spiro atoms. The summed E-state index contributed by atoms with van der Waals surface area (Å²) in [5, 5.41) is 0.399. The Kier molecular flexibility index (Phi) is 7.40. The number of methoxy groups -OCH3 is 1. The summed E-state index contributed by atoms with van der Waals surface area (Å²) in [7, 11) is 1.56. The standard InChI is InChI=1S/C23H29ClN2O3/c1-17(2)16-29-22-20(24)13-19(14-21(22)28-3)23(27)26-11-9-25(10-12-26)15-18-7-5-4-6-8-18/h4-8,13-14,17H,9-12,15-16H2,1-3H3. The fourth-order valence-corrected chi connectivity index (χ4v) is 3.63. The minimum Gasteiger partial charge on any atom is -0.493 e. The van der Waals surface area contributed by atoms with Crippen LogP contribution in [0.3, 0.4) is 0 Å². The molecule has 0 unspecified atom stereocenters. The lowest BCUT2D eigenvalue weighted by Crippen LogP contribution is -2.48. The molecule has 1 fully saturated rings. The van der Waals surface area contributed by atoms with Gasteiger partial charge in [-0.3, -0.25) is 9.69 Å². The van der Waals surface area contributed by atoms with Gasteiger partial charge >= 0.3 is 0 Å². The van der Waals surface area contributed by atoms with E-state index < -0.39 is 0 Å². The van der Waals surface area contributed by atoms with Crippen LogP contribution in [0.1, 0.15) is 29.8 Å². The van der Waals surface area contributed by atoms with E-state index in [-0.39, 0.29) is 5.91 Å². The molecule has 2 aromatic carbocycles. The Morgan fingerprint density at radius 1 is 1.10 bits per heavy atom. The summed E-state index contributed by atoms with van der Waals surface area (Å²) in [5.74, 6) is 1.32. The Morgan fingerprint density at radius 2 is 1.79 bits per heavy atom. The van der Waals surface area contributed by atoms with Crippen molar-refractivity contribution in [2.24, 2.45) is 5.92 Å². The van der Waals surface area contributed by atoms with Crippen LogP contribution >= 0.6 is 11.6 Å². The number of carbonyl (C=O) groups excluding carboxylic acids is 1. The SMILES string of the molecule is COc1cc(C(=O)N2CCN(Cc3ccccc3)CC2)cc(Cl)c1OCC(C)C. The molecule has 2 aromatic rings. The molecule has 6 heteroatoms. The van der Waals surface area contributed by atoms with E-state index in [0.717, 1.165) is 19.6 Å². The van der Waals surface area contributed by atoms with Gasteiger partial charge in [0.15, 0.2) is 11.5 Å². The summed E-state index contributed by atoms with van der Waals surface area (Å²) in [4.78, 5) is 17.3. The van der Waals surface area contributed by atoms with Gasteiger partial charge in [0.05, 0.1) is 18.7 Å². The van der Waals surface area contributed by atoms with Crippen molar-refractivity contribution in [3.63, 3.8) is 0 Å². The Labute approximate surface area is 178 Å². The summed E-state index contributed by atoms with van der Waals surface area (Å²) in [5.41, 5.74) is 1.82. The van der Waals surface area contributed by atoms with Gasteiger partial charge < -0.3 is 14.4 Å². The van der Waals surface area contributed by atoms with E-state index in [4.69, 9.17) is 21.1 Å². The normalized spacial score (nSPS) is 14.9. The molecule has 5 nitrogen and oxygen atoms in total. The zero-order valence-corrected chi connectivity index (χ0v) is 18.1.